The summed E-state index contributed by atoms with van der Waals surface area (Å²) >= 11 is 0. The minimum atomic E-state index is -4.43. The van der Waals surface area contributed by atoms with E-state index in [-0.39, 0.29) is 5.76 Å². The van der Waals surface area contributed by atoms with Crippen LogP contribution in [-0.4, -0.2) is 11.2 Å². The van der Waals surface area contributed by atoms with Crippen molar-refractivity contribution >= 4 is 0 Å². The van der Waals surface area contributed by atoms with Crippen LogP contribution in [0.15, 0.2) is 16.5 Å². The lowest BCUT2D eigenvalue weighted by atomic mass is 10.2. The van der Waals surface area contributed by atoms with Gasteiger partial charge in [-0.15, -0.1) is 0 Å². The van der Waals surface area contributed by atoms with E-state index >= 15 is 0 Å². The zero-order valence-corrected chi connectivity index (χ0v) is 7.64. The second kappa shape index (κ2) is 4.04. The Morgan fingerprint density at radius 1 is 1.43 bits per heavy atom. The van der Waals surface area contributed by atoms with Gasteiger partial charge in [-0.05, 0) is 25.5 Å². The molecule has 1 aromatic heterocycles. The molecular weight excluding hydrogens is 197 g/mol. The standard InChI is InChI=1S/C9H11F3O2/c1-6(13)2-3-7-4-5-8(14-7)9(10,11)12/h4-6,13H,2-3H2,1H3. The Balaban J connectivity index is 2.60. The van der Waals surface area contributed by atoms with Crippen LogP contribution >= 0.6 is 0 Å². The summed E-state index contributed by atoms with van der Waals surface area (Å²) < 4.78 is 40.7. The van der Waals surface area contributed by atoms with Crippen molar-refractivity contribution in [3.05, 3.63) is 23.7 Å². The minimum absolute atomic E-state index is 0.248. The summed E-state index contributed by atoms with van der Waals surface area (Å²) in [5.74, 6) is -0.740. The van der Waals surface area contributed by atoms with Crippen LogP contribution < -0.4 is 0 Å². The van der Waals surface area contributed by atoms with Crippen LogP contribution in [0.3, 0.4) is 0 Å². The third-order valence-corrected chi connectivity index (χ3v) is 1.75. The van der Waals surface area contributed by atoms with Gasteiger partial charge in [0.1, 0.15) is 5.76 Å². The van der Waals surface area contributed by atoms with E-state index in [2.05, 4.69) is 4.42 Å². The Morgan fingerprint density at radius 3 is 2.50 bits per heavy atom. The number of aliphatic hydroxyl groups is 1. The molecule has 1 N–H and O–H groups in total. The number of halogens is 3. The highest BCUT2D eigenvalue weighted by molar-refractivity contribution is 5.09. The molecule has 0 fully saturated rings. The molecule has 0 radical (unpaired) electrons. The molecule has 1 rings (SSSR count). The topological polar surface area (TPSA) is 33.4 Å². The van der Waals surface area contributed by atoms with Crippen molar-refractivity contribution in [3.63, 3.8) is 0 Å². The lowest BCUT2D eigenvalue weighted by Gasteiger charge is -2.02. The normalized spacial score (nSPS) is 14.4. The van der Waals surface area contributed by atoms with Crippen molar-refractivity contribution < 1.29 is 22.7 Å². The monoisotopic (exact) mass is 208 g/mol. The largest absolute Gasteiger partial charge is 0.457 e. The van der Waals surface area contributed by atoms with Crippen molar-refractivity contribution in [2.45, 2.75) is 32.0 Å². The van der Waals surface area contributed by atoms with Gasteiger partial charge in [-0.2, -0.15) is 13.2 Å². The summed E-state index contributed by atoms with van der Waals surface area (Å²) in [7, 11) is 0. The van der Waals surface area contributed by atoms with Crippen LogP contribution in [0.1, 0.15) is 24.9 Å². The molecule has 1 unspecified atom stereocenters. The summed E-state index contributed by atoms with van der Waals surface area (Å²) in [6.45, 7) is 1.58. The Bertz CT molecular complexity index is 288. The molecule has 0 aliphatic carbocycles. The SMILES string of the molecule is CC(O)CCc1ccc(C(F)(F)F)o1. The first-order valence-corrected chi connectivity index (χ1v) is 4.23. The Kier molecular flexibility index (Phi) is 3.21. The molecule has 0 aliphatic heterocycles. The first-order chi connectivity index (χ1) is 6.39. The van der Waals surface area contributed by atoms with Crippen LogP contribution in [0.25, 0.3) is 0 Å². The molecule has 0 saturated carbocycles. The lowest BCUT2D eigenvalue weighted by molar-refractivity contribution is -0.153. The fourth-order valence-electron chi connectivity index (χ4n) is 1.02. The molecule has 0 spiro atoms. The van der Waals surface area contributed by atoms with Gasteiger partial charge in [0.2, 0.25) is 5.76 Å². The van der Waals surface area contributed by atoms with Gasteiger partial charge in [-0.25, -0.2) is 0 Å². The number of furan rings is 1. The molecule has 0 amide bonds. The lowest BCUT2D eigenvalue weighted by Crippen LogP contribution is -2.03. The average Bonchev–Trinajstić information content (AvgIpc) is 2.47. The fraction of sp³-hybridized carbons (Fsp3) is 0.556. The zero-order valence-electron chi connectivity index (χ0n) is 7.64. The first-order valence-electron chi connectivity index (χ1n) is 4.23. The summed E-state index contributed by atoms with van der Waals surface area (Å²) in [6.07, 6.45) is -4.25. The molecule has 1 aromatic rings. The predicted molar refractivity (Wildman–Crippen MR) is 43.7 cm³/mol. The Labute approximate surface area is 79.3 Å². The van der Waals surface area contributed by atoms with Crippen molar-refractivity contribution in [1.82, 2.24) is 0 Å². The van der Waals surface area contributed by atoms with Crippen molar-refractivity contribution in [1.29, 1.82) is 0 Å². The molecule has 0 aromatic carbocycles. The Hall–Kier alpha value is -0.970. The number of rotatable bonds is 3. The third kappa shape index (κ3) is 3.06. The summed E-state index contributed by atoms with van der Waals surface area (Å²) in [6, 6.07) is 2.18. The maximum absolute atomic E-state index is 12.1. The fourth-order valence-corrected chi connectivity index (χ4v) is 1.02. The van der Waals surface area contributed by atoms with E-state index in [9.17, 15) is 13.2 Å². The second-order valence-electron chi connectivity index (χ2n) is 3.15. The van der Waals surface area contributed by atoms with Crippen molar-refractivity contribution in [2.24, 2.45) is 0 Å². The maximum atomic E-state index is 12.1. The zero-order chi connectivity index (χ0) is 10.8. The number of hydrogen-bond donors (Lipinski definition) is 1. The van der Waals surface area contributed by atoms with Gasteiger partial charge in [-0.1, -0.05) is 0 Å². The van der Waals surface area contributed by atoms with Gasteiger partial charge >= 0.3 is 6.18 Å². The van der Waals surface area contributed by atoms with E-state index in [0.717, 1.165) is 6.07 Å². The average molecular weight is 208 g/mol. The van der Waals surface area contributed by atoms with Crippen molar-refractivity contribution in [2.75, 3.05) is 0 Å². The van der Waals surface area contributed by atoms with E-state index in [4.69, 9.17) is 5.11 Å². The van der Waals surface area contributed by atoms with E-state index in [1.54, 1.807) is 6.92 Å². The van der Waals surface area contributed by atoms with Gasteiger partial charge in [0.25, 0.3) is 0 Å². The quantitative estimate of drug-likeness (QED) is 0.828. The summed E-state index contributed by atoms with van der Waals surface area (Å²) in [5.41, 5.74) is 0. The molecular formula is C9H11F3O2. The van der Waals surface area contributed by atoms with Crippen LogP contribution in [0.2, 0.25) is 0 Å². The molecule has 0 bridgehead atoms. The van der Waals surface area contributed by atoms with Crippen LogP contribution in [0.5, 0.6) is 0 Å². The smallest absolute Gasteiger partial charge is 0.449 e. The highest BCUT2D eigenvalue weighted by atomic mass is 19.4. The van der Waals surface area contributed by atoms with Gasteiger partial charge in [-0.3, -0.25) is 0 Å². The van der Waals surface area contributed by atoms with Crippen LogP contribution in [-0.2, 0) is 12.6 Å². The molecule has 0 aliphatic rings. The van der Waals surface area contributed by atoms with Crippen molar-refractivity contribution in [3.8, 4) is 0 Å². The molecule has 14 heavy (non-hydrogen) atoms. The predicted octanol–water partition coefficient (Wildman–Crippen LogP) is 2.61. The van der Waals surface area contributed by atoms with E-state index in [1.165, 1.54) is 6.07 Å². The maximum Gasteiger partial charge on any atom is 0.449 e. The molecule has 0 saturated heterocycles. The van der Waals surface area contributed by atoms with E-state index < -0.39 is 18.0 Å². The number of aryl methyl sites for hydroxylation is 1. The highest BCUT2D eigenvalue weighted by Crippen LogP contribution is 2.30. The highest BCUT2D eigenvalue weighted by Gasteiger charge is 2.34. The number of alkyl halides is 3. The van der Waals surface area contributed by atoms with Gasteiger partial charge in [0.05, 0.1) is 6.10 Å². The van der Waals surface area contributed by atoms with Gasteiger partial charge in [0, 0.05) is 6.42 Å². The van der Waals surface area contributed by atoms with Gasteiger partial charge in [0.15, 0.2) is 0 Å². The summed E-state index contributed by atoms with van der Waals surface area (Å²) in [4.78, 5) is 0. The molecule has 1 atom stereocenters. The third-order valence-electron chi connectivity index (χ3n) is 1.75. The molecule has 2 nitrogen and oxygen atoms in total. The number of aliphatic hydroxyl groups excluding tert-OH is 1. The van der Waals surface area contributed by atoms with Gasteiger partial charge < -0.3 is 9.52 Å². The second-order valence-corrected chi connectivity index (χ2v) is 3.15. The van der Waals surface area contributed by atoms with Crippen LogP contribution in [0, 0.1) is 0 Å². The number of hydrogen-bond acceptors (Lipinski definition) is 2. The van der Waals surface area contributed by atoms with E-state index in [1.807, 2.05) is 0 Å². The summed E-state index contributed by atoms with van der Waals surface area (Å²) in [5, 5.41) is 8.92. The Morgan fingerprint density at radius 2 is 2.07 bits per heavy atom. The minimum Gasteiger partial charge on any atom is -0.457 e. The van der Waals surface area contributed by atoms with E-state index in [0.29, 0.717) is 12.8 Å². The molecule has 5 heteroatoms. The first kappa shape index (κ1) is 11.1. The molecule has 80 valence electrons. The molecule has 1 heterocycles. The van der Waals surface area contributed by atoms with Crippen LogP contribution in [0.4, 0.5) is 13.2 Å².